The number of carboxylic acids is 1. The Bertz CT molecular complexity index is 3640. The smallest absolute Gasteiger partial charge is 0.303 e. The predicted octanol–water partition coefficient (Wildman–Crippen LogP) is 5.29. The fourth-order valence-corrected chi connectivity index (χ4v) is 13.0. The summed E-state index contributed by atoms with van der Waals surface area (Å²) >= 11 is 0. The zero-order valence-electron chi connectivity index (χ0n) is 40.4. The van der Waals surface area contributed by atoms with Crippen LogP contribution in [0.15, 0.2) is 116 Å². The van der Waals surface area contributed by atoms with Gasteiger partial charge in [0.25, 0.3) is 10.1 Å². The van der Waals surface area contributed by atoms with Crippen molar-refractivity contribution in [3.8, 4) is 0 Å². The zero-order valence-corrected chi connectivity index (χ0v) is 44.5. The Morgan fingerprint density at radius 2 is 1.18 bits per heavy atom. The highest BCUT2D eigenvalue weighted by molar-refractivity contribution is 7.87. The number of hydrogen-bond donors (Lipinski definition) is 2. The Balaban J connectivity index is 1.47. The molecule has 2 aliphatic rings. The lowest BCUT2D eigenvalue weighted by Gasteiger charge is -2.31. The number of unbranched alkanes of at least 4 members (excludes halogenated alkanes) is 2. The van der Waals surface area contributed by atoms with Gasteiger partial charge in [0, 0.05) is 86.7 Å². The summed E-state index contributed by atoms with van der Waals surface area (Å²) in [6, 6.07) is 8.84. The third-order valence-electron chi connectivity index (χ3n) is 13.2. The summed E-state index contributed by atoms with van der Waals surface area (Å²) < 4.78 is 195. The average Bonchev–Trinajstić information content (AvgIpc) is 3.67. The molecule has 21 nitrogen and oxygen atoms in total. The highest BCUT2D eigenvalue weighted by Crippen LogP contribution is 2.54. The van der Waals surface area contributed by atoms with Crippen molar-refractivity contribution in [2.75, 3.05) is 51.2 Å². The Labute approximate surface area is 429 Å². The Morgan fingerprint density at radius 3 is 1.70 bits per heavy atom. The standard InChI is InChI=1S/C48H56N2O19S5/c1-47(21-25-68-3)42(49(23-12-8-11-16-44(51)52)38-19-17-34-36(45(38)47)28-32(71(56,57)58)30-40(34)73(62,63)64)14-9-6-5-7-10-15-43-48(2,22-26-69-4)46-37-29-33(72(59,60)61)31-41(74(65,66)67)35(37)18-20-39(46)50(43)24-13-27-70(53,54)55/h5-7,9-10,14-15,17-20,28-31H,8,11-13,16,21-27H2,1-4H3,(H5-,51,52,53,54,55,56,57,58,59,60,61,62,63,64,65,66,67)/p-3. The number of benzene rings is 4. The molecule has 4 aromatic rings. The Kier molecular flexibility index (Phi) is 17.4. The molecule has 4 aromatic carbocycles. The van der Waals surface area contributed by atoms with Crippen LogP contribution < -0.4 is 4.90 Å². The maximum atomic E-state index is 12.6. The minimum atomic E-state index is -5.34. The van der Waals surface area contributed by atoms with Crippen molar-refractivity contribution in [3.05, 3.63) is 108 Å². The summed E-state index contributed by atoms with van der Waals surface area (Å²) in [4.78, 5) is 9.48. The van der Waals surface area contributed by atoms with E-state index in [4.69, 9.17) is 9.47 Å². The van der Waals surface area contributed by atoms with Crippen LogP contribution in [0.2, 0.25) is 0 Å². The maximum absolute atomic E-state index is 12.6. The lowest BCUT2D eigenvalue weighted by molar-refractivity contribution is -0.437. The van der Waals surface area contributed by atoms with Crippen molar-refractivity contribution >= 4 is 95.2 Å². The van der Waals surface area contributed by atoms with E-state index in [-0.39, 0.29) is 67.0 Å². The molecule has 0 saturated carbocycles. The van der Waals surface area contributed by atoms with E-state index in [2.05, 4.69) is 0 Å². The number of methoxy groups -OCH3 is 2. The van der Waals surface area contributed by atoms with Crippen molar-refractivity contribution < 1.29 is 88.8 Å². The summed E-state index contributed by atoms with van der Waals surface area (Å²) in [7, 11) is -22.8. The molecular weight excluding hydrogens is 1070 g/mol. The number of fused-ring (bicyclic) bond motifs is 6. The minimum absolute atomic E-state index is 0.0385. The fraction of sp³-hybridized carbons (Fsp3) is 0.375. The van der Waals surface area contributed by atoms with Crippen LogP contribution in [0.25, 0.3) is 21.5 Å². The maximum Gasteiger partial charge on any atom is 0.303 e. The second-order valence-electron chi connectivity index (χ2n) is 18.1. The van der Waals surface area contributed by atoms with E-state index in [1.807, 2.05) is 11.8 Å². The number of hydrogen-bond acceptors (Lipinski definition) is 18. The van der Waals surface area contributed by atoms with E-state index in [0.29, 0.717) is 71.9 Å². The van der Waals surface area contributed by atoms with Crippen LogP contribution in [-0.2, 0) is 75.7 Å². The molecule has 26 heteroatoms. The molecule has 402 valence electrons. The lowest BCUT2D eigenvalue weighted by atomic mass is 9.75. The molecule has 2 atom stereocenters. The van der Waals surface area contributed by atoms with Crippen LogP contribution >= 0.6 is 0 Å². The predicted molar refractivity (Wildman–Crippen MR) is 267 cm³/mol. The normalized spacial score (nSPS) is 19.4. The highest BCUT2D eigenvalue weighted by Gasteiger charge is 2.49. The van der Waals surface area contributed by atoms with E-state index in [1.165, 1.54) is 32.4 Å². The molecule has 2 unspecified atom stereocenters. The number of carbonyl (C=O) groups is 1. The van der Waals surface area contributed by atoms with Crippen molar-refractivity contribution in [2.45, 2.75) is 89.2 Å². The first kappa shape index (κ1) is 58.0. The van der Waals surface area contributed by atoms with Gasteiger partial charge in [0.2, 0.25) is 5.69 Å². The number of anilines is 1. The van der Waals surface area contributed by atoms with E-state index in [1.54, 1.807) is 60.1 Å². The van der Waals surface area contributed by atoms with Gasteiger partial charge in [-0.1, -0.05) is 42.9 Å². The van der Waals surface area contributed by atoms with E-state index >= 15 is 0 Å². The molecule has 0 fully saturated rings. The van der Waals surface area contributed by atoms with E-state index < -0.39 is 92.7 Å². The van der Waals surface area contributed by atoms with Crippen LogP contribution in [-0.4, -0.2) is 132 Å². The van der Waals surface area contributed by atoms with Gasteiger partial charge in [0.1, 0.15) is 47.0 Å². The second-order valence-corrected chi connectivity index (χ2v) is 25.2. The first-order valence-corrected chi connectivity index (χ1v) is 30.0. The molecule has 2 aliphatic heterocycles. The van der Waals surface area contributed by atoms with Crippen LogP contribution in [0.4, 0.5) is 11.4 Å². The molecule has 0 radical (unpaired) electrons. The molecule has 0 bridgehead atoms. The van der Waals surface area contributed by atoms with E-state index in [9.17, 15) is 74.8 Å². The first-order valence-electron chi connectivity index (χ1n) is 22.7. The largest absolute Gasteiger partial charge is 0.744 e. The summed E-state index contributed by atoms with van der Waals surface area (Å²) in [5, 5.41) is 8.96. The number of ether oxygens (including phenoxy) is 2. The van der Waals surface area contributed by atoms with Gasteiger partial charge in [-0.2, -0.15) is 13.0 Å². The van der Waals surface area contributed by atoms with Gasteiger partial charge in [0.15, 0.2) is 5.71 Å². The number of rotatable bonds is 24. The highest BCUT2D eigenvalue weighted by atomic mass is 32.2. The zero-order chi connectivity index (χ0) is 54.8. The fourth-order valence-electron chi connectivity index (χ4n) is 9.91. The van der Waals surface area contributed by atoms with Gasteiger partial charge < -0.3 is 37.7 Å². The van der Waals surface area contributed by atoms with Crippen LogP contribution in [0, 0.1) is 0 Å². The van der Waals surface area contributed by atoms with E-state index in [0.717, 1.165) is 12.1 Å². The average molecular weight is 1120 g/mol. The van der Waals surface area contributed by atoms with Gasteiger partial charge >= 0.3 is 5.97 Å². The van der Waals surface area contributed by atoms with Gasteiger partial charge in [0.05, 0.1) is 30.7 Å². The number of nitrogens with zero attached hydrogens (tertiary/aromatic N) is 2. The van der Waals surface area contributed by atoms with Crippen LogP contribution in [0.1, 0.15) is 69.9 Å². The van der Waals surface area contributed by atoms with Crippen molar-refractivity contribution in [1.82, 2.24) is 0 Å². The Morgan fingerprint density at radius 1 is 0.649 bits per heavy atom. The Hall–Kier alpha value is -5.23. The van der Waals surface area contributed by atoms with Crippen LogP contribution in [0.5, 0.6) is 0 Å². The molecule has 0 amide bonds. The molecule has 2 N–H and O–H groups in total. The molecule has 2 heterocycles. The van der Waals surface area contributed by atoms with Crippen molar-refractivity contribution in [3.63, 3.8) is 0 Å². The molecule has 6 rings (SSSR count). The minimum Gasteiger partial charge on any atom is -0.744 e. The quantitative estimate of drug-likeness (QED) is 0.0389. The third kappa shape index (κ3) is 12.5. The summed E-state index contributed by atoms with van der Waals surface area (Å²) in [6.45, 7) is 4.06. The molecule has 0 aliphatic carbocycles. The summed E-state index contributed by atoms with van der Waals surface area (Å²) in [5.74, 6) is -1.61. The molecule has 0 aromatic heterocycles. The molecule has 74 heavy (non-hydrogen) atoms. The number of carboxylic acid groups (broad SMARTS) is 1. The van der Waals surface area contributed by atoms with Gasteiger partial charge in [-0.3, -0.25) is 9.35 Å². The SMILES string of the molecule is COCCC1(C)C(/C=C/C=C/C=C/C=C2/N(CCCCCC(=O)O)c3ccc4c(S(=O)(=O)[O-])cc(S(=O)(=O)[O-])cc4c3C2(C)CCOC)=[N+](CCCS(=O)(=O)O)c2ccc3c(S(=O)(=O)[O-])cc(S(=O)(=O)[O-])cc3c21. The number of aliphatic carboxylic acids is 1. The second kappa shape index (κ2) is 22.2. The first-order chi connectivity index (χ1) is 34.4. The third-order valence-corrected chi connectivity index (χ3v) is 17.4. The van der Waals surface area contributed by atoms with Gasteiger partial charge in [-0.25, -0.2) is 33.7 Å². The molecule has 0 saturated heterocycles. The molecule has 0 spiro atoms. The van der Waals surface area contributed by atoms with Gasteiger partial charge in [-0.05, 0) is 104 Å². The van der Waals surface area contributed by atoms with Crippen molar-refractivity contribution in [1.29, 1.82) is 0 Å². The lowest BCUT2D eigenvalue weighted by Crippen LogP contribution is -2.33. The molecular formula is C48H53N2O19S5-3. The topological polar surface area (TPSA) is 345 Å². The monoisotopic (exact) mass is 1120 g/mol. The number of allylic oxidation sites excluding steroid dienone is 8. The summed E-state index contributed by atoms with van der Waals surface area (Å²) in [5.41, 5.74) is 0.438. The van der Waals surface area contributed by atoms with Crippen LogP contribution in [0.3, 0.4) is 0 Å². The van der Waals surface area contributed by atoms with Crippen molar-refractivity contribution in [2.24, 2.45) is 0 Å². The van der Waals surface area contributed by atoms with Gasteiger partial charge in [-0.15, -0.1) is 0 Å². The summed E-state index contributed by atoms with van der Waals surface area (Å²) in [6.07, 6.45) is 13.3.